The molecule has 612 valence electrons. The highest BCUT2D eigenvalue weighted by Crippen LogP contribution is 2.49. The Labute approximate surface area is 747 Å². The molecule has 4 aromatic heterocycles. The molecule has 0 fully saturated rings. The Kier molecular flexibility index (Phi) is 19.1. The largest absolute Gasteiger partial charge is 0.455 e. The first kappa shape index (κ1) is 76.2. The van der Waals surface area contributed by atoms with Crippen molar-refractivity contribution in [3.8, 4) is 33.4 Å². The van der Waals surface area contributed by atoms with Crippen LogP contribution >= 0.6 is 0 Å². The zero-order valence-electron chi connectivity index (χ0n) is 70.5. The first-order valence-corrected chi connectivity index (χ1v) is 44.1. The zero-order valence-corrected chi connectivity index (χ0v) is 70.5. The summed E-state index contributed by atoms with van der Waals surface area (Å²) in [7, 11) is 0. The molecule has 0 radical (unpaired) electrons. The summed E-state index contributed by atoms with van der Waals surface area (Å²) in [5, 5.41) is 43.0. The molecule has 23 aromatic carbocycles. The molecule has 8 heteroatoms. The lowest BCUT2D eigenvalue weighted by molar-refractivity contribution is 0.670. The molecule has 0 spiro atoms. The molecule has 0 bridgehead atoms. The standard InChI is InChI=1S/C38H25NO.C32H21NO.2C26H17NO/c1-2-11-25(12-3-1)30-17-8-9-18-31(30)27-15-10-16-29(23-27)39-37-33-20-7-5-14-28(33)24-34-36-32-19-6-4-13-26(32)21-22-35(36)40-38(34)37;1-2-8-21(9-3-1)22-14-16-23(17-15-22)33-24-18-19-29-30(20-24)34-32-28-13-7-5-11-26(28)25-10-4-6-12-27(25)31(29)32;1-2-10-19(11-3-1)27-22-16-18-9-5-7-13-21(18)25-24-20-12-6-4-8-17(20)14-15-23(24)28-26(22)25;1-2-8-17(9-3-1)27-18-14-15-23-24(16-18)28-26-22-13-7-5-11-20(22)19-10-4-6-12-21(19)25(23)26/h1-24,39H;1-20,33H;2*1-16,27H. The summed E-state index contributed by atoms with van der Waals surface area (Å²) in [6.45, 7) is 0. The van der Waals surface area contributed by atoms with E-state index in [9.17, 15) is 0 Å². The van der Waals surface area contributed by atoms with Crippen molar-refractivity contribution in [2.24, 2.45) is 0 Å². The monoisotopic (exact) mass is 1660 g/mol. The maximum absolute atomic E-state index is 6.60. The average molecular weight is 1670 g/mol. The Morgan fingerprint density at radius 2 is 0.508 bits per heavy atom. The Bertz CT molecular complexity index is 9050. The van der Waals surface area contributed by atoms with Crippen molar-refractivity contribution in [3.05, 3.63) is 461 Å². The van der Waals surface area contributed by atoms with E-state index in [1.165, 1.54) is 119 Å². The van der Waals surface area contributed by atoms with Crippen LogP contribution in [0.4, 0.5) is 45.5 Å². The molecule has 4 N–H and O–H groups in total. The summed E-state index contributed by atoms with van der Waals surface area (Å²) in [6, 6.07) is 161. The topological polar surface area (TPSA) is 101 Å². The summed E-state index contributed by atoms with van der Waals surface area (Å²) in [6.07, 6.45) is 0. The van der Waals surface area contributed by atoms with Crippen molar-refractivity contribution < 1.29 is 17.7 Å². The van der Waals surface area contributed by atoms with Crippen molar-refractivity contribution in [2.45, 2.75) is 0 Å². The van der Waals surface area contributed by atoms with E-state index < -0.39 is 0 Å². The van der Waals surface area contributed by atoms with Crippen LogP contribution in [0.1, 0.15) is 0 Å². The maximum Gasteiger partial charge on any atom is 0.159 e. The second-order valence-electron chi connectivity index (χ2n) is 33.1. The Balaban J connectivity index is 0.0000000971. The van der Waals surface area contributed by atoms with Crippen molar-refractivity contribution in [3.63, 3.8) is 0 Å². The fraction of sp³-hybridized carbons (Fsp3) is 0. The zero-order chi connectivity index (χ0) is 86.0. The third-order valence-corrected chi connectivity index (χ3v) is 25.3. The number of rotatable bonds is 11. The molecular formula is C122H80N4O4. The highest BCUT2D eigenvalue weighted by Gasteiger charge is 2.23. The van der Waals surface area contributed by atoms with Gasteiger partial charge in [-0.25, -0.2) is 0 Å². The van der Waals surface area contributed by atoms with E-state index in [2.05, 4.69) is 440 Å². The van der Waals surface area contributed by atoms with Gasteiger partial charge < -0.3 is 38.9 Å². The second kappa shape index (κ2) is 32.6. The molecule has 0 unspecified atom stereocenters. The minimum absolute atomic E-state index is 0.875. The van der Waals surface area contributed by atoms with Crippen LogP contribution in [0.25, 0.3) is 207 Å². The molecule has 27 rings (SSSR count). The van der Waals surface area contributed by atoms with E-state index in [1.807, 2.05) is 42.5 Å². The minimum Gasteiger partial charge on any atom is -0.455 e. The predicted molar refractivity (Wildman–Crippen MR) is 550 cm³/mol. The fourth-order valence-corrected chi connectivity index (χ4v) is 19.3. The first-order valence-electron chi connectivity index (χ1n) is 44.1. The van der Waals surface area contributed by atoms with Gasteiger partial charge in [0, 0.05) is 106 Å². The highest BCUT2D eigenvalue weighted by molar-refractivity contribution is 6.33. The second-order valence-corrected chi connectivity index (χ2v) is 33.1. The van der Waals surface area contributed by atoms with Crippen LogP contribution in [-0.4, -0.2) is 0 Å². The molecule has 0 aliphatic carbocycles. The van der Waals surface area contributed by atoms with Gasteiger partial charge in [0.2, 0.25) is 0 Å². The lowest BCUT2D eigenvalue weighted by atomic mass is 9.94. The number of hydrogen-bond acceptors (Lipinski definition) is 8. The van der Waals surface area contributed by atoms with E-state index in [0.717, 1.165) is 133 Å². The van der Waals surface area contributed by atoms with Crippen LogP contribution in [0, 0.1) is 0 Å². The minimum atomic E-state index is 0.875. The van der Waals surface area contributed by atoms with E-state index >= 15 is 0 Å². The van der Waals surface area contributed by atoms with Crippen molar-refractivity contribution in [1.29, 1.82) is 0 Å². The summed E-state index contributed by atoms with van der Waals surface area (Å²) >= 11 is 0. The third-order valence-electron chi connectivity index (χ3n) is 25.3. The van der Waals surface area contributed by atoms with Gasteiger partial charge in [-0.3, -0.25) is 0 Å². The van der Waals surface area contributed by atoms with Gasteiger partial charge in [0.05, 0.1) is 11.4 Å². The van der Waals surface area contributed by atoms with Crippen molar-refractivity contribution >= 4 is 219 Å². The summed E-state index contributed by atoms with van der Waals surface area (Å²) in [4.78, 5) is 0. The number of hydrogen-bond donors (Lipinski definition) is 4. The maximum atomic E-state index is 6.60. The number of furan rings is 4. The molecule has 130 heavy (non-hydrogen) atoms. The molecule has 0 atom stereocenters. The summed E-state index contributed by atoms with van der Waals surface area (Å²) in [5.41, 5.74) is 22.7. The lowest BCUT2D eigenvalue weighted by Gasteiger charge is -2.14. The number of benzene rings is 23. The van der Waals surface area contributed by atoms with E-state index in [0.29, 0.717) is 0 Å². The lowest BCUT2D eigenvalue weighted by Crippen LogP contribution is -1.93. The molecule has 8 nitrogen and oxygen atoms in total. The fourth-order valence-electron chi connectivity index (χ4n) is 19.3. The Morgan fingerprint density at radius 3 is 1.06 bits per heavy atom. The molecule has 0 aliphatic heterocycles. The predicted octanol–water partition coefficient (Wildman–Crippen LogP) is 35.5. The van der Waals surface area contributed by atoms with Gasteiger partial charge in [0.1, 0.15) is 33.5 Å². The van der Waals surface area contributed by atoms with Crippen LogP contribution in [-0.2, 0) is 0 Å². The number of anilines is 8. The summed E-state index contributed by atoms with van der Waals surface area (Å²) < 4.78 is 25.9. The van der Waals surface area contributed by atoms with E-state index in [1.54, 1.807) is 0 Å². The first-order chi connectivity index (χ1) is 64.4. The Morgan fingerprint density at radius 1 is 0.146 bits per heavy atom. The number of fused-ring (bicyclic) bond motifs is 29. The molecule has 0 aliphatic rings. The molecule has 0 saturated carbocycles. The van der Waals surface area contributed by atoms with Gasteiger partial charge in [-0.1, -0.05) is 352 Å². The van der Waals surface area contributed by atoms with Gasteiger partial charge in [-0.2, -0.15) is 0 Å². The van der Waals surface area contributed by atoms with Gasteiger partial charge in [-0.05, 0) is 200 Å². The SMILES string of the molecule is c1ccc(-c2ccc(Nc3ccc4c(c3)oc3c5ccccc5c5ccccc5c43)cc2)cc1.c1ccc(-c2ccccc2-c2cccc(Nc3c4ccccc4cc4c3oc3ccc5ccccc5c34)c2)cc1.c1ccc(Nc2cc3ccccc3c3c2oc2ccc4ccccc4c23)cc1.c1ccc(Nc2ccc3c(c2)oc2c4ccccc4c4ccccc4c32)cc1. The molecule has 4 heterocycles. The van der Waals surface area contributed by atoms with Crippen LogP contribution in [0.5, 0.6) is 0 Å². The smallest absolute Gasteiger partial charge is 0.159 e. The normalized spacial score (nSPS) is 11.5. The van der Waals surface area contributed by atoms with Gasteiger partial charge in [0.15, 0.2) is 11.2 Å². The van der Waals surface area contributed by atoms with E-state index in [-0.39, 0.29) is 0 Å². The van der Waals surface area contributed by atoms with Gasteiger partial charge >= 0.3 is 0 Å². The van der Waals surface area contributed by atoms with Crippen LogP contribution in [0.15, 0.2) is 479 Å². The Hall–Kier alpha value is -17.5. The molecular weight excluding hydrogens is 1590 g/mol. The number of para-hydroxylation sites is 2. The van der Waals surface area contributed by atoms with Crippen molar-refractivity contribution in [2.75, 3.05) is 21.3 Å². The van der Waals surface area contributed by atoms with Crippen molar-refractivity contribution in [1.82, 2.24) is 0 Å². The number of nitrogens with one attached hydrogen (secondary N) is 4. The van der Waals surface area contributed by atoms with Crippen LogP contribution in [0.3, 0.4) is 0 Å². The molecule has 27 aromatic rings. The highest BCUT2D eigenvalue weighted by atomic mass is 16.3. The van der Waals surface area contributed by atoms with Crippen LogP contribution in [0.2, 0.25) is 0 Å². The summed E-state index contributed by atoms with van der Waals surface area (Å²) in [5.74, 6) is 0. The quantitative estimate of drug-likeness (QED) is 0.0951. The van der Waals surface area contributed by atoms with Crippen LogP contribution < -0.4 is 21.3 Å². The van der Waals surface area contributed by atoms with E-state index in [4.69, 9.17) is 17.7 Å². The molecule has 0 amide bonds. The van der Waals surface area contributed by atoms with Gasteiger partial charge in [-0.15, -0.1) is 0 Å². The average Bonchev–Trinajstić information content (AvgIpc) is 1.59. The van der Waals surface area contributed by atoms with Gasteiger partial charge in [0.25, 0.3) is 0 Å². The third kappa shape index (κ3) is 13.8. The molecule has 0 saturated heterocycles.